The lowest BCUT2D eigenvalue weighted by atomic mass is 10.1. The van der Waals surface area contributed by atoms with Crippen molar-refractivity contribution in [2.45, 2.75) is 13.8 Å². The molecule has 1 fully saturated rings. The predicted octanol–water partition coefficient (Wildman–Crippen LogP) is 4.96. The van der Waals surface area contributed by atoms with Crippen LogP contribution in [-0.2, 0) is 4.79 Å². The second-order valence-electron chi connectivity index (χ2n) is 5.15. The molecular formula is C14H13Cl3O. The fourth-order valence-electron chi connectivity index (χ4n) is 2.29. The van der Waals surface area contributed by atoms with Gasteiger partial charge in [-0.3, -0.25) is 4.79 Å². The van der Waals surface area contributed by atoms with E-state index in [0.717, 1.165) is 5.56 Å². The Morgan fingerprint density at radius 3 is 2.22 bits per heavy atom. The number of rotatable bonds is 3. The molecule has 0 amide bonds. The molecule has 1 aromatic carbocycles. The van der Waals surface area contributed by atoms with Crippen LogP contribution in [0.25, 0.3) is 5.03 Å². The Kier molecular flexibility index (Phi) is 3.77. The van der Waals surface area contributed by atoms with Crippen LogP contribution >= 0.6 is 34.8 Å². The van der Waals surface area contributed by atoms with Gasteiger partial charge in [-0.1, -0.05) is 55.3 Å². The van der Waals surface area contributed by atoms with Gasteiger partial charge in [0.1, 0.15) is 0 Å². The van der Waals surface area contributed by atoms with Gasteiger partial charge < -0.3 is 0 Å². The summed E-state index contributed by atoms with van der Waals surface area (Å²) in [5.41, 5.74) is 0.787. The maximum absolute atomic E-state index is 11.3. The molecule has 1 saturated carbocycles. The molecule has 0 bridgehead atoms. The van der Waals surface area contributed by atoms with E-state index in [2.05, 4.69) is 0 Å². The molecule has 2 atom stereocenters. The number of benzene rings is 1. The van der Waals surface area contributed by atoms with Crippen LogP contribution in [-0.4, -0.2) is 5.24 Å². The summed E-state index contributed by atoms with van der Waals surface area (Å²) in [6, 6.07) is 7.28. The zero-order valence-electron chi connectivity index (χ0n) is 10.1. The van der Waals surface area contributed by atoms with Crippen molar-refractivity contribution in [3.8, 4) is 0 Å². The number of carbonyl (C=O) groups is 1. The molecule has 1 aliphatic carbocycles. The van der Waals surface area contributed by atoms with Crippen LogP contribution < -0.4 is 0 Å². The third-order valence-corrected chi connectivity index (χ3v) is 4.43. The summed E-state index contributed by atoms with van der Waals surface area (Å²) < 4.78 is 0. The minimum Gasteiger partial charge on any atom is -0.281 e. The molecule has 18 heavy (non-hydrogen) atoms. The average Bonchev–Trinajstić information content (AvgIpc) is 2.81. The lowest BCUT2D eigenvalue weighted by Crippen LogP contribution is -1.96. The highest BCUT2D eigenvalue weighted by Crippen LogP contribution is 2.60. The number of allylic oxidation sites excluding steroid dienone is 1. The van der Waals surface area contributed by atoms with Crippen molar-refractivity contribution in [1.29, 1.82) is 0 Å². The van der Waals surface area contributed by atoms with Gasteiger partial charge in [-0.25, -0.2) is 0 Å². The first kappa shape index (κ1) is 13.9. The largest absolute Gasteiger partial charge is 0.281 e. The Labute approximate surface area is 122 Å². The molecule has 0 heterocycles. The van der Waals surface area contributed by atoms with Crippen LogP contribution in [0.3, 0.4) is 0 Å². The lowest BCUT2D eigenvalue weighted by Gasteiger charge is -2.01. The van der Waals surface area contributed by atoms with Crippen molar-refractivity contribution < 1.29 is 4.79 Å². The second kappa shape index (κ2) is 4.88. The second-order valence-corrected chi connectivity index (χ2v) is 6.37. The first-order valence-electron chi connectivity index (χ1n) is 5.66. The first-order chi connectivity index (χ1) is 8.34. The average molecular weight is 304 g/mol. The molecule has 4 heteroatoms. The van der Waals surface area contributed by atoms with Crippen LogP contribution in [0, 0.1) is 17.3 Å². The summed E-state index contributed by atoms with van der Waals surface area (Å²) in [4.78, 5) is 11.3. The Balaban J connectivity index is 2.20. The van der Waals surface area contributed by atoms with Gasteiger partial charge >= 0.3 is 0 Å². The molecule has 0 spiro atoms. The van der Waals surface area contributed by atoms with Gasteiger partial charge in [0.05, 0.1) is 0 Å². The summed E-state index contributed by atoms with van der Waals surface area (Å²) in [5.74, 6) is -0.0362. The van der Waals surface area contributed by atoms with Gasteiger partial charge in [-0.05, 0) is 40.6 Å². The lowest BCUT2D eigenvalue weighted by molar-refractivity contribution is -0.113. The molecule has 0 radical (unpaired) electrons. The van der Waals surface area contributed by atoms with Crippen molar-refractivity contribution >= 4 is 45.1 Å². The molecule has 96 valence electrons. The molecule has 1 aliphatic rings. The minimum atomic E-state index is -0.290. The Morgan fingerprint density at radius 1 is 1.22 bits per heavy atom. The van der Waals surface area contributed by atoms with E-state index < -0.39 is 0 Å². The fourth-order valence-corrected chi connectivity index (χ4v) is 3.09. The van der Waals surface area contributed by atoms with Crippen LogP contribution in [0.1, 0.15) is 19.4 Å². The van der Waals surface area contributed by atoms with Gasteiger partial charge in [0.2, 0.25) is 5.24 Å². The van der Waals surface area contributed by atoms with Crippen LogP contribution in [0.15, 0.2) is 30.3 Å². The molecule has 0 aliphatic heterocycles. The number of hydrogen-bond acceptors (Lipinski definition) is 1. The van der Waals surface area contributed by atoms with Crippen molar-refractivity contribution in [2.75, 3.05) is 0 Å². The van der Waals surface area contributed by atoms with E-state index in [1.807, 2.05) is 32.1 Å². The number of halogens is 3. The Bertz CT molecular complexity index is 502. The van der Waals surface area contributed by atoms with Crippen LogP contribution in [0.5, 0.6) is 0 Å². The van der Waals surface area contributed by atoms with E-state index in [1.165, 1.54) is 0 Å². The summed E-state index contributed by atoms with van der Waals surface area (Å²) in [7, 11) is 0. The minimum absolute atomic E-state index is 0.102. The van der Waals surface area contributed by atoms with E-state index in [-0.39, 0.29) is 22.5 Å². The zero-order valence-corrected chi connectivity index (χ0v) is 12.4. The van der Waals surface area contributed by atoms with Gasteiger partial charge in [-0.2, -0.15) is 0 Å². The quantitative estimate of drug-likeness (QED) is 0.721. The van der Waals surface area contributed by atoms with Gasteiger partial charge in [0, 0.05) is 16.0 Å². The Morgan fingerprint density at radius 2 is 1.78 bits per heavy atom. The summed E-state index contributed by atoms with van der Waals surface area (Å²) in [5, 5.41) is 1.01. The molecule has 0 N–H and O–H groups in total. The highest BCUT2D eigenvalue weighted by molar-refractivity contribution is 6.64. The van der Waals surface area contributed by atoms with Crippen molar-refractivity contribution in [3.63, 3.8) is 0 Å². The third-order valence-electron chi connectivity index (χ3n) is 3.60. The van der Waals surface area contributed by atoms with Gasteiger partial charge in [0.15, 0.2) is 0 Å². The maximum Gasteiger partial charge on any atom is 0.225 e. The summed E-state index contributed by atoms with van der Waals surface area (Å²) in [6.07, 6.45) is 1.91. The normalized spacial score (nSPS) is 25.9. The van der Waals surface area contributed by atoms with Crippen LogP contribution in [0.2, 0.25) is 5.02 Å². The number of hydrogen-bond donors (Lipinski definition) is 0. The summed E-state index contributed by atoms with van der Waals surface area (Å²) in [6.45, 7) is 4.04. The topological polar surface area (TPSA) is 17.1 Å². The third kappa shape index (κ3) is 2.59. The smallest absolute Gasteiger partial charge is 0.225 e. The fraction of sp³-hybridized carbons (Fsp3) is 0.357. The van der Waals surface area contributed by atoms with Crippen molar-refractivity contribution in [3.05, 3.63) is 40.9 Å². The molecule has 0 unspecified atom stereocenters. The molecule has 2 rings (SSSR count). The van der Waals surface area contributed by atoms with Crippen molar-refractivity contribution in [1.82, 2.24) is 0 Å². The van der Waals surface area contributed by atoms with E-state index in [9.17, 15) is 4.79 Å². The molecule has 1 aromatic rings. The standard InChI is InChI=1S/C14H13Cl3O/c1-14(2)10(12(14)13(17)18)7-11(16)8-3-5-9(15)6-4-8/h3-7,10,12H,1-2H3/b11-7-/t10-,12-/m1/s1. The Hall–Kier alpha value is -0.500. The molecule has 0 saturated heterocycles. The monoisotopic (exact) mass is 302 g/mol. The van der Waals surface area contributed by atoms with Crippen LogP contribution in [0.4, 0.5) is 0 Å². The maximum atomic E-state index is 11.3. The highest BCUT2D eigenvalue weighted by Gasteiger charge is 2.60. The first-order valence-corrected chi connectivity index (χ1v) is 6.80. The zero-order chi connectivity index (χ0) is 13.5. The summed E-state index contributed by atoms with van der Waals surface area (Å²) >= 11 is 17.7. The van der Waals surface area contributed by atoms with E-state index in [4.69, 9.17) is 34.8 Å². The van der Waals surface area contributed by atoms with E-state index in [1.54, 1.807) is 12.1 Å². The van der Waals surface area contributed by atoms with Gasteiger partial charge in [0.25, 0.3) is 0 Å². The molecular weight excluding hydrogens is 291 g/mol. The van der Waals surface area contributed by atoms with E-state index >= 15 is 0 Å². The van der Waals surface area contributed by atoms with Crippen molar-refractivity contribution in [2.24, 2.45) is 17.3 Å². The van der Waals surface area contributed by atoms with E-state index in [0.29, 0.717) is 10.1 Å². The molecule has 0 aromatic heterocycles. The molecule has 1 nitrogen and oxygen atoms in total. The predicted molar refractivity (Wildman–Crippen MR) is 76.9 cm³/mol. The highest BCUT2D eigenvalue weighted by atomic mass is 35.5. The SMILES string of the molecule is CC1(C)[C@H](/C=C(\Cl)c2ccc(Cl)cc2)[C@@H]1C(=O)Cl. The van der Waals surface area contributed by atoms with Gasteiger partial charge in [-0.15, -0.1) is 0 Å². The number of carbonyl (C=O) groups excluding carboxylic acids is 1.